The van der Waals surface area contributed by atoms with Crippen LogP contribution in [0.25, 0.3) is 0 Å². The second-order valence-corrected chi connectivity index (χ2v) is 6.09. The topological polar surface area (TPSA) is 38.7 Å². The fraction of sp³-hybridized carbons (Fsp3) is 0.647. The van der Waals surface area contributed by atoms with Gasteiger partial charge in [-0.3, -0.25) is 0 Å². The van der Waals surface area contributed by atoms with Gasteiger partial charge in [0.1, 0.15) is 0 Å². The highest BCUT2D eigenvalue weighted by Gasteiger charge is 2.14. The van der Waals surface area contributed by atoms with Gasteiger partial charge in [0.25, 0.3) is 0 Å². The first-order valence-corrected chi connectivity index (χ1v) is 7.31. The predicted molar refractivity (Wildman–Crippen MR) is 82.3 cm³/mol. The van der Waals surface area contributed by atoms with E-state index in [4.69, 9.17) is 14.6 Å². The number of rotatable bonds is 8. The minimum absolute atomic E-state index is 0.0688. The molecular weight excluding hydrogens is 252 g/mol. The third kappa shape index (κ3) is 6.04. The lowest BCUT2D eigenvalue weighted by atomic mass is 9.85. The fourth-order valence-corrected chi connectivity index (χ4v) is 2.01. The van der Waals surface area contributed by atoms with Crippen molar-refractivity contribution in [1.82, 2.24) is 0 Å². The van der Waals surface area contributed by atoms with Gasteiger partial charge in [0.15, 0.2) is 0 Å². The maximum Gasteiger partial charge on any atom is 0.0701 e. The van der Waals surface area contributed by atoms with E-state index in [2.05, 4.69) is 45.9 Å². The van der Waals surface area contributed by atoms with Crippen molar-refractivity contribution in [3.8, 4) is 0 Å². The molecular formula is C17H28O3. The van der Waals surface area contributed by atoms with Crippen molar-refractivity contribution in [3.05, 3.63) is 34.9 Å². The Morgan fingerprint density at radius 3 is 2.20 bits per heavy atom. The summed E-state index contributed by atoms with van der Waals surface area (Å²) in [5.41, 5.74) is 4.24. The highest BCUT2D eigenvalue weighted by Crippen LogP contribution is 2.24. The number of aliphatic hydroxyl groups excluding tert-OH is 1. The summed E-state index contributed by atoms with van der Waals surface area (Å²) in [5, 5.41) is 8.56. The van der Waals surface area contributed by atoms with Gasteiger partial charge in [-0.1, -0.05) is 39.0 Å². The van der Waals surface area contributed by atoms with E-state index < -0.39 is 0 Å². The lowest BCUT2D eigenvalue weighted by Gasteiger charge is -2.20. The molecule has 0 aliphatic heterocycles. The van der Waals surface area contributed by atoms with E-state index in [0.29, 0.717) is 26.4 Å². The quantitative estimate of drug-likeness (QED) is 0.744. The van der Waals surface area contributed by atoms with Gasteiger partial charge in [0.05, 0.1) is 33.0 Å². The summed E-state index contributed by atoms with van der Waals surface area (Å²) < 4.78 is 10.7. The Morgan fingerprint density at radius 2 is 1.65 bits per heavy atom. The molecule has 114 valence electrons. The van der Waals surface area contributed by atoms with Crippen LogP contribution in [0.5, 0.6) is 0 Å². The zero-order chi connectivity index (χ0) is 15.0. The Balaban J connectivity index is 2.34. The standard InChI is InChI=1S/C17H28O3/c1-14-13-16(17(2,3)4)6-5-15(14)7-9-19-11-12-20-10-8-18/h5-6,13,18H,7-12H2,1-4H3. The number of aliphatic hydroxyl groups is 1. The van der Waals surface area contributed by atoms with Crippen molar-refractivity contribution in [2.45, 2.75) is 39.5 Å². The molecule has 0 amide bonds. The van der Waals surface area contributed by atoms with Crippen LogP contribution in [0.15, 0.2) is 18.2 Å². The number of hydrogen-bond donors (Lipinski definition) is 1. The van der Waals surface area contributed by atoms with Crippen LogP contribution in [-0.4, -0.2) is 38.1 Å². The summed E-state index contributed by atoms with van der Waals surface area (Å²) in [6, 6.07) is 6.70. The molecule has 0 unspecified atom stereocenters. The maximum atomic E-state index is 8.56. The highest BCUT2D eigenvalue weighted by molar-refractivity contribution is 5.34. The smallest absolute Gasteiger partial charge is 0.0701 e. The average Bonchev–Trinajstić information content (AvgIpc) is 2.38. The van der Waals surface area contributed by atoms with Crippen LogP contribution >= 0.6 is 0 Å². The lowest BCUT2D eigenvalue weighted by molar-refractivity contribution is 0.0340. The van der Waals surface area contributed by atoms with Crippen LogP contribution in [0.2, 0.25) is 0 Å². The van der Waals surface area contributed by atoms with Crippen LogP contribution in [0.1, 0.15) is 37.5 Å². The van der Waals surface area contributed by atoms with Crippen LogP contribution < -0.4 is 0 Å². The third-order valence-corrected chi connectivity index (χ3v) is 3.33. The number of hydrogen-bond acceptors (Lipinski definition) is 3. The fourth-order valence-electron chi connectivity index (χ4n) is 2.01. The van der Waals surface area contributed by atoms with Gasteiger partial charge in [0.2, 0.25) is 0 Å². The molecule has 0 aromatic heterocycles. The molecule has 0 heterocycles. The van der Waals surface area contributed by atoms with E-state index in [0.717, 1.165) is 6.42 Å². The van der Waals surface area contributed by atoms with Gasteiger partial charge in [-0.05, 0) is 35.4 Å². The Labute approximate surface area is 122 Å². The summed E-state index contributed by atoms with van der Waals surface area (Å²) in [5.74, 6) is 0. The molecule has 1 aromatic rings. The summed E-state index contributed by atoms with van der Waals surface area (Å²) in [7, 11) is 0. The molecule has 0 aliphatic carbocycles. The SMILES string of the molecule is Cc1cc(C(C)(C)C)ccc1CCOCCOCCO. The largest absolute Gasteiger partial charge is 0.394 e. The number of aryl methyl sites for hydroxylation is 1. The van der Waals surface area contributed by atoms with Gasteiger partial charge >= 0.3 is 0 Å². The molecule has 0 saturated carbocycles. The molecule has 1 rings (SSSR count). The van der Waals surface area contributed by atoms with E-state index in [9.17, 15) is 0 Å². The molecule has 1 N–H and O–H groups in total. The number of benzene rings is 1. The minimum atomic E-state index is 0.0688. The van der Waals surface area contributed by atoms with Crippen molar-refractivity contribution in [3.63, 3.8) is 0 Å². The lowest BCUT2D eigenvalue weighted by Crippen LogP contribution is -2.12. The second-order valence-electron chi connectivity index (χ2n) is 6.09. The van der Waals surface area contributed by atoms with Gasteiger partial charge < -0.3 is 14.6 Å². The molecule has 0 bridgehead atoms. The Hall–Kier alpha value is -0.900. The number of ether oxygens (including phenoxy) is 2. The third-order valence-electron chi connectivity index (χ3n) is 3.33. The zero-order valence-electron chi connectivity index (χ0n) is 13.2. The molecule has 0 atom stereocenters. The first kappa shape index (κ1) is 17.2. The van der Waals surface area contributed by atoms with E-state index in [-0.39, 0.29) is 12.0 Å². The minimum Gasteiger partial charge on any atom is -0.394 e. The van der Waals surface area contributed by atoms with Crippen LogP contribution in [0.4, 0.5) is 0 Å². The van der Waals surface area contributed by atoms with Crippen molar-refractivity contribution in [2.24, 2.45) is 0 Å². The summed E-state index contributed by atoms with van der Waals surface area (Å²) in [6.07, 6.45) is 0.927. The van der Waals surface area contributed by atoms with Crippen molar-refractivity contribution < 1.29 is 14.6 Å². The van der Waals surface area contributed by atoms with Crippen molar-refractivity contribution >= 4 is 0 Å². The van der Waals surface area contributed by atoms with Gasteiger partial charge in [-0.25, -0.2) is 0 Å². The van der Waals surface area contributed by atoms with Crippen LogP contribution in [-0.2, 0) is 21.3 Å². The zero-order valence-corrected chi connectivity index (χ0v) is 13.2. The first-order chi connectivity index (χ1) is 9.45. The molecule has 3 heteroatoms. The normalized spacial score (nSPS) is 11.8. The maximum absolute atomic E-state index is 8.56. The van der Waals surface area contributed by atoms with E-state index >= 15 is 0 Å². The molecule has 3 nitrogen and oxygen atoms in total. The highest BCUT2D eigenvalue weighted by atomic mass is 16.5. The Kier molecular flexibility index (Phi) is 7.20. The first-order valence-electron chi connectivity index (χ1n) is 7.31. The molecule has 0 saturated heterocycles. The van der Waals surface area contributed by atoms with E-state index in [1.54, 1.807) is 0 Å². The summed E-state index contributed by atoms with van der Waals surface area (Å²) in [4.78, 5) is 0. The average molecular weight is 280 g/mol. The van der Waals surface area contributed by atoms with E-state index in [1.807, 2.05) is 0 Å². The summed E-state index contributed by atoms with van der Waals surface area (Å²) in [6.45, 7) is 11.1. The van der Waals surface area contributed by atoms with E-state index in [1.165, 1.54) is 16.7 Å². The Morgan fingerprint density at radius 1 is 1.00 bits per heavy atom. The molecule has 0 aliphatic rings. The van der Waals surface area contributed by atoms with Gasteiger partial charge in [-0.2, -0.15) is 0 Å². The van der Waals surface area contributed by atoms with Crippen LogP contribution in [0.3, 0.4) is 0 Å². The van der Waals surface area contributed by atoms with Crippen molar-refractivity contribution in [1.29, 1.82) is 0 Å². The molecule has 0 radical (unpaired) electrons. The monoisotopic (exact) mass is 280 g/mol. The summed E-state index contributed by atoms with van der Waals surface area (Å²) >= 11 is 0. The molecule has 20 heavy (non-hydrogen) atoms. The molecule has 0 spiro atoms. The molecule has 1 aromatic carbocycles. The van der Waals surface area contributed by atoms with Gasteiger partial charge in [-0.15, -0.1) is 0 Å². The van der Waals surface area contributed by atoms with Crippen LogP contribution in [0, 0.1) is 6.92 Å². The Bertz CT molecular complexity index is 394. The van der Waals surface area contributed by atoms with Crippen molar-refractivity contribution in [2.75, 3.05) is 33.0 Å². The molecule has 0 fully saturated rings. The predicted octanol–water partition coefficient (Wildman–Crippen LogP) is 2.86. The second kappa shape index (κ2) is 8.40. The van der Waals surface area contributed by atoms with Gasteiger partial charge in [0, 0.05) is 0 Å².